The number of nitrogens with zero attached hydrogens (tertiary/aromatic N) is 2. The monoisotopic (exact) mass is 332 g/mol. The van der Waals surface area contributed by atoms with Crippen molar-refractivity contribution in [2.24, 2.45) is 0 Å². The van der Waals surface area contributed by atoms with Crippen molar-refractivity contribution in [1.82, 2.24) is 20.5 Å². The molecule has 0 radical (unpaired) electrons. The maximum atomic E-state index is 13.0. The number of ether oxygens (including phenoxy) is 1. The molecule has 4 amide bonds. The molecule has 2 saturated heterocycles. The van der Waals surface area contributed by atoms with Crippen LogP contribution in [-0.4, -0.2) is 53.0 Å². The quantitative estimate of drug-likeness (QED) is 0.790. The van der Waals surface area contributed by atoms with Crippen molar-refractivity contribution < 1.29 is 19.1 Å². The van der Waals surface area contributed by atoms with Gasteiger partial charge in [-0.15, -0.1) is 0 Å². The molecule has 8 nitrogen and oxygen atoms in total. The van der Waals surface area contributed by atoms with E-state index in [2.05, 4.69) is 15.6 Å². The van der Waals surface area contributed by atoms with Crippen LogP contribution in [0.5, 0.6) is 5.88 Å². The fraction of sp³-hybridized carbons (Fsp3) is 0.500. The predicted molar refractivity (Wildman–Crippen MR) is 84.7 cm³/mol. The Morgan fingerprint density at radius 3 is 2.92 bits per heavy atom. The summed E-state index contributed by atoms with van der Waals surface area (Å²) in [5, 5.41) is 4.93. The molecule has 0 bridgehead atoms. The fourth-order valence-electron chi connectivity index (χ4n) is 3.24. The average Bonchev–Trinajstić information content (AvgIpc) is 2.80. The number of likely N-dealkylation sites (tertiary alicyclic amines) is 1. The highest BCUT2D eigenvalue weighted by molar-refractivity contribution is 6.08. The number of nitrogens with one attached hydrogen (secondary N) is 2. The van der Waals surface area contributed by atoms with Crippen LogP contribution in [0.1, 0.15) is 35.7 Å². The smallest absolute Gasteiger partial charge is 0.322 e. The van der Waals surface area contributed by atoms with Crippen LogP contribution >= 0.6 is 0 Å². The van der Waals surface area contributed by atoms with Crippen molar-refractivity contribution in [3.8, 4) is 5.88 Å². The lowest BCUT2D eigenvalue weighted by Gasteiger charge is -2.38. The first-order chi connectivity index (χ1) is 11.5. The van der Waals surface area contributed by atoms with Crippen LogP contribution in [0.15, 0.2) is 12.3 Å². The number of imide groups is 1. The van der Waals surface area contributed by atoms with E-state index in [-0.39, 0.29) is 18.4 Å². The molecular weight excluding hydrogens is 312 g/mol. The van der Waals surface area contributed by atoms with Gasteiger partial charge in [-0.1, -0.05) is 0 Å². The molecule has 1 aromatic heterocycles. The van der Waals surface area contributed by atoms with Crippen LogP contribution in [0.3, 0.4) is 0 Å². The van der Waals surface area contributed by atoms with Gasteiger partial charge in [0.1, 0.15) is 11.1 Å². The molecule has 2 aliphatic rings. The van der Waals surface area contributed by atoms with Gasteiger partial charge in [-0.05, 0) is 38.3 Å². The summed E-state index contributed by atoms with van der Waals surface area (Å²) in [5.74, 6) is -0.322. The first-order valence-electron chi connectivity index (χ1n) is 7.98. The van der Waals surface area contributed by atoms with Crippen LogP contribution < -0.4 is 15.4 Å². The van der Waals surface area contributed by atoms with E-state index in [0.29, 0.717) is 37.4 Å². The van der Waals surface area contributed by atoms with Crippen molar-refractivity contribution in [3.63, 3.8) is 0 Å². The minimum Gasteiger partial charge on any atom is -0.477 e. The molecule has 1 unspecified atom stereocenters. The van der Waals surface area contributed by atoms with Gasteiger partial charge in [-0.25, -0.2) is 9.78 Å². The molecular formula is C16H20N4O4. The van der Waals surface area contributed by atoms with Crippen LogP contribution in [-0.2, 0) is 4.79 Å². The second kappa shape index (κ2) is 6.10. The molecule has 3 rings (SSSR count). The number of aromatic nitrogens is 1. The second-order valence-electron chi connectivity index (χ2n) is 6.06. The first kappa shape index (κ1) is 16.2. The van der Waals surface area contributed by atoms with Gasteiger partial charge in [0.25, 0.3) is 11.8 Å². The molecule has 2 N–H and O–H groups in total. The van der Waals surface area contributed by atoms with Gasteiger partial charge in [-0.2, -0.15) is 0 Å². The van der Waals surface area contributed by atoms with Crippen molar-refractivity contribution in [2.45, 2.75) is 32.2 Å². The molecule has 24 heavy (non-hydrogen) atoms. The second-order valence-corrected chi connectivity index (χ2v) is 6.06. The molecule has 1 atom stereocenters. The number of hydrogen-bond donors (Lipinski definition) is 2. The molecule has 128 valence electrons. The summed E-state index contributed by atoms with van der Waals surface area (Å²) in [6.45, 7) is 4.71. The molecule has 0 saturated carbocycles. The number of rotatable bonds is 3. The summed E-state index contributed by atoms with van der Waals surface area (Å²) >= 11 is 0. The lowest BCUT2D eigenvalue weighted by molar-refractivity contribution is -0.125. The summed E-state index contributed by atoms with van der Waals surface area (Å²) in [6, 6.07) is 1.24. The molecule has 3 heterocycles. The number of carbonyl (C=O) groups excluding carboxylic acids is 3. The molecule has 8 heteroatoms. The Hall–Kier alpha value is -2.64. The van der Waals surface area contributed by atoms with E-state index in [1.807, 2.05) is 13.8 Å². The van der Waals surface area contributed by atoms with Crippen LogP contribution in [0.25, 0.3) is 0 Å². The SMILES string of the molecule is CCOc1nccc(C)c1C(=O)N1CCCC2(C1)NC(=O)NC2=O. The first-order valence-corrected chi connectivity index (χ1v) is 7.98. The standard InChI is InChI=1S/C16H20N4O4/c1-3-24-12-11(10(2)5-7-17-12)13(21)20-8-4-6-16(9-20)14(22)18-15(23)19-16/h5,7H,3-4,6,8-9H2,1-2H3,(H2,18,19,22,23). The molecule has 0 aliphatic carbocycles. The molecule has 0 aromatic carbocycles. The molecule has 1 spiro atoms. The highest BCUT2D eigenvalue weighted by Gasteiger charge is 2.49. The maximum Gasteiger partial charge on any atom is 0.322 e. The van der Waals surface area contributed by atoms with Gasteiger partial charge in [0.2, 0.25) is 5.88 Å². The van der Waals surface area contributed by atoms with E-state index < -0.39 is 11.6 Å². The Kier molecular flexibility index (Phi) is 4.13. The number of piperidine rings is 1. The predicted octanol–water partition coefficient (Wildman–Crippen LogP) is 0.603. The Morgan fingerprint density at radius 1 is 1.46 bits per heavy atom. The minimum absolute atomic E-state index is 0.142. The number of amides is 4. The molecule has 2 fully saturated rings. The summed E-state index contributed by atoms with van der Waals surface area (Å²) in [7, 11) is 0. The third-order valence-corrected chi connectivity index (χ3v) is 4.41. The highest BCUT2D eigenvalue weighted by atomic mass is 16.5. The Bertz CT molecular complexity index is 705. The van der Waals surface area contributed by atoms with Gasteiger partial charge in [0.05, 0.1) is 13.2 Å². The van der Waals surface area contributed by atoms with E-state index in [9.17, 15) is 14.4 Å². The summed E-state index contributed by atoms with van der Waals surface area (Å²) in [6.07, 6.45) is 2.74. The lowest BCUT2D eigenvalue weighted by atomic mass is 9.88. The average molecular weight is 332 g/mol. The van der Waals surface area contributed by atoms with Crippen LogP contribution in [0.2, 0.25) is 0 Å². The number of pyridine rings is 1. The van der Waals surface area contributed by atoms with Crippen molar-refractivity contribution >= 4 is 17.8 Å². The highest BCUT2D eigenvalue weighted by Crippen LogP contribution is 2.28. The van der Waals surface area contributed by atoms with Crippen LogP contribution in [0.4, 0.5) is 4.79 Å². The Morgan fingerprint density at radius 2 is 2.25 bits per heavy atom. The fourth-order valence-corrected chi connectivity index (χ4v) is 3.24. The van der Waals surface area contributed by atoms with E-state index in [1.54, 1.807) is 17.2 Å². The number of urea groups is 1. The lowest BCUT2D eigenvalue weighted by Crippen LogP contribution is -2.59. The summed E-state index contributed by atoms with van der Waals surface area (Å²) in [5.41, 5.74) is 0.131. The van der Waals surface area contributed by atoms with Gasteiger partial charge < -0.3 is 15.0 Å². The van der Waals surface area contributed by atoms with E-state index in [1.165, 1.54) is 0 Å². The third kappa shape index (κ3) is 2.68. The van der Waals surface area contributed by atoms with E-state index in [0.717, 1.165) is 5.56 Å². The number of hydrogen-bond acceptors (Lipinski definition) is 5. The Labute approximate surface area is 139 Å². The maximum absolute atomic E-state index is 13.0. The van der Waals surface area contributed by atoms with Gasteiger partial charge in [0, 0.05) is 12.7 Å². The molecule has 2 aliphatic heterocycles. The largest absolute Gasteiger partial charge is 0.477 e. The van der Waals surface area contributed by atoms with Gasteiger partial charge >= 0.3 is 6.03 Å². The molecule has 1 aromatic rings. The summed E-state index contributed by atoms with van der Waals surface area (Å²) in [4.78, 5) is 42.4. The Balaban J connectivity index is 1.88. The zero-order chi connectivity index (χ0) is 17.3. The van der Waals surface area contributed by atoms with Crippen molar-refractivity contribution in [1.29, 1.82) is 0 Å². The normalized spacial score (nSPS) is 23.2. The van der Waals surface area contributed by atoms with Gasteiger partial charge in [0.15, 0.2) is 0 Å². The zero-order valence-electron chi connectivity index (χ0n) is 13.7. The van der Waals surface area contributed by atoms with Gasteiger partial charge in [-0.3, -0.25) is 14.9 Å². The van der Waals surface area contributed by atoms with E-state index in [4.69, 9.17) is 4.74 Å². The topological polar surface area (TPSA) is 101 Å². The number of aryl methyl sites for hydroxylation is 1. The van der Waals surface area contributed by atoms with E-state index >= 15 is 0 Å². The third-order valence-electron chi connectivity index (χ3n) is 4.41. The zero-order valence-corrected chi connectivity index (χ0v) is 13.7. The summed E-state index contributed by atoms with van der Waals surface area (Å²) < 4.78 is 5.48. The van der Waals surface area contributed by atoms with Crippen molar-refractivity contribution in [3.05, 3.63) is 23.4 Å². The number of carbonyl (C=O) groups is 3. The minimum atomic E-state index is -1.03. The van der Waals surface area contributed by atoms with Crippen LogP contribution in [0, 0.1) is 6.92 Å². The van der Waals surface area contributed by atoms with Crippen molar-refractivity contribution in [2.75, 3.05) is 19.7 Å².